The Kier molecular flexibility index (Phi) is 18.5. The number of unbranched alkanes of at least 4 members (excludes halogenated alkanes) is 8. The standard InChI is InChI=1S/C42H58N6O9/c1-27-35(28(2)57-48-27)39(53)36(31-20-13-16-23-43-31)37(47-33-21-14-17-24-44-33)29-18-11-12-19-30(29)46-34(51)22-10-8-6-4-3-5-7-9-15-25-45-42(56)41(55)40(54)38(52)32(50)26-49/h11-14,16-21,23-24,32,36-41,49-50,52-55H,3-10,15,22,25-26H2,1-2H3,(H,44,47)(H,45,56)(H,46,51)/t32-,36?,37?,38-,39?,40+,41-/m0/s1. The fourth-order valence-corrected chi connectivity index (χ4v) is 6.88. The van der Waals surface area contributed by atoms with Crippen LogP contribution < -0.4 is 16.0 Å². The van der Waals surface area contributed by atoms with E-state index in [0.717, 1.165) is 56.9 Å². The van der Waals surface area contributed by atoms with E-state index >= 15 is 0 Å². The first-order valence-corrected chi connectivity index (χ1v) is 19.7. The van der Waals surface area contributed by atoms with Gasteiger partial charge in [-0.2, -0.15) is 0 Å². The number of carbonyl (C=O) groups is 2. The van der Waals surface area contributed by atoms with Crippen LogP contribution >= 0.6 is 0 Å². The first kappa shape index (κ1) is 44.9. The Morgan fingerprint density at radius 2 is 1.39 bits per heavy atom. The smallest absolute Gasteiger partial charge is 0.251 e. The highest BCUT2D eigenvalue weighted by Gasteiger charge is 2.38. The first-order valence-electron chi connectivity index (χ1n) is 19.7. The summed E-state index contributed by atoms with van der Waals surface area (Å²) < 4.78 is 5.45. The minimum absolute atomic E-state index is 0.104. The molecule has 3 unspecified atom stereocenters. The molecule has 3 aromatic heterocycles. The van der Waals surface area contributed by atoms with Crippen LogP contribution in [0.1, 0.15) is 111 Å². The van der Waals surface area contributed by atoms with Crippen molar-refractivity contribution in [2.45, 2.75) is 121 Å². The number of nitrogens with zero attached hydrogens (tertiary/aromatic N) is 3. The molecule has 0 bridgehead atoms. The molecule has 3 heterocycles. The molecule has 0 aliphatic carbocycles. The monoisotopic (exact) mass is 790 g/mol. The number of aromatic nitrogens is 3. The number of amides is 2. The average Bonchev–Trinajstić information content (AvgIpc) is 3.57. The molecule has 7 atom stereocenters. The highest BCUT2D eigenvalue weighted by atomic mass is 16.5. The number of aliphatic hydroxyl groups is 6. The summed E-state index contributed by atoms with van der Waals surface area (Å²) in [7, 11) is 0. The normalized spacial score (nSPS) is 15.2. The van der Waals surface area contributed by atoms with Crippen molar-refractivity contribution in [3.8, 4) is 0 Å². The van der Waals surface area contributed by atoms with Crippen molar-refractivity contribution in [3.63, 3.8) is 0 Å². The predicted octanol–water partition coefficient (Wildman–Crippen LogP) is 4.14. The molecule has 0 spiro atoms. The third-order valence-electron chi connectivity index (χ3n) is 10.1. The molecule has 4 rings (SSSR count). The minimum atomic E-state index is -1.92. The van der Waals surface area contributed by atoms with Gasteiger partial charge in [0.15, 0.2) is 6.10 Å². The van der Waals surface area contributed by atoms with Gasteiger partial charge in [0, 0.05) is 42.3 Å². The van der Waals surface area contributed by atoms with Crippen LogP contribution in [0, 0.1) is 13.8 Å². The number of hydrogen-bond acceptors (Lipinski definition) is 13. The maximum absolute atomic E-state index is 13.3. The van der Waals surface area contributed by atoms with Gasteiger partial charge >= 0.3 is 0 Å². The Hall–Kier alpha value is -4.77. The van der Waals surface area contributed by atoms with E-state index in [1.807, 2.05) is 60.7 Å². The number of anilines is 2. The number of carbonyl (C=O) groups excluding carboxylic acids is 2. The number of rotatable bonds is 25. The second-order valence-electron chi connectivity index (χ2n) is 14.3. The van der Waals surface area contributed by atoms with Crippen LogP contribution in [0.25, 0.3) is 0 Å². The number of benzene rings is 1. The number of nitrogens with one attached hydrogen (secondary N) is 3. The molecule has 9 N–H and O–H groups in total. The van der Waals surface area contributed by atoms with Crippen LogP contribution in [-0.2, 0) is 9.59 Å². The molecule has 0 fully saturated rings. The number of aliphatic hydroxyl groups excluding tert-OH is 6. The number of hydrogen-bond donors (Lipinski definition) is 9. The van der Waals surface area contributed by atoms with Crippen LogP contribution in [0.15, 0.2) is 77.6 Å². The van der Waals surface area contributed by atoms with Crippen molar-refractivity contribution in [2.24, 2.45) is 0 Å². The quantitative estimate of drug-likeness (QED) is 0.0429. The molecule has 57 heavy (non-hydrogen) atoms. The van der Waals surface area contributed by atoms with Crippen LogP contribution in [0.2, 0.25) is 0 Å². The molecule has 2 amide bonds. The second kappa shape index (κ2) is 23.5. The van der Waals surface area contributed by atoms with E-state index in [1.165, 1.54) is 0 Å². The highest BCUT2D eigenvalue weighted by molar-refractivity contribution is 5.91. The summed E-state index contributed by atoms with van der Waals surface area (Å²) in [6.45, 7) is 3.04. The number of pyridine rings is 2. The molecule has 15 heteroatoms. The van der Waals surface area contributed by atoms with Gasteiger partial charge in [-0.05, 0) is 62.6 Å². The summed E-state index contributed by atoms with van der Waals surface area (Å²) in [6.07, 6.45) is 3.57. The summed E-state index contributed by atoms with van der Waals surface area (Å²) in [5.74, 6) is -0.499. The lowest BCUT2D eigenvalue weighted by molar-refractivity contribution is -0.148. The molecule has 0 aliphatic heterocycles. The lowest BCUT2D eigenvalue weighted by Crippen LogP contribution is -2.51. The average molecular weight is 791 g/mol. The fraction of sp³-hybridized carbons (Fsp3) is 0.500. The Balaban J connectivity index is 1.26. The summed E-state index contributed by atoms with van der Waals surface area (Å²) >= 11 is 0. The predicted molar refractivity (Wildman–Crippen MR) is 214 cm³/mol. The van der Waals surface area contributed by atoms with E-state index in [1.54, 1.807) is 26.2 Å². The zero-order chi connectivity index (χ0) is 41.2. The number of para-hydroxylation sites is 1. The molecule has 1 aromatic carbocycles. The van der Waals surface area contributed by atoms with E-state index in [9.17, 15) is 35.1 Å². The van der Waals surface area contributed by atoms with Gasteiger partial charge in [0.25, 0.3) is 5.91 Å². The molecule has 310 valence electrons. The summed E-state index contributed by atoms with van der Waals surface area (Å²) in [4.78, 5) is 34.5. The van der Waals surface area contributed by atoms with Crippen molar-refractivity contribution in [1.29, 1.82) is 0 Å². The van der Waals surface area contributed by atoms with Crippen molar-refractivity contribution in [2.75, 3.05) is 23.8 Å². The molecule has 0 saturated heterocycles. The van der Waals surface area contributed by atoms with E-state index in [2.05, 4.69) is 31.1 Å². The largest absolute Gasteiger partial charge is 0.394 e. The van der Waals surface area contributed by atoms with Crippen LogP contribution in [0.3, 0.4) is 0 Å². The molecular formula is C42H58N6O9. The van der Waals surface area contributed by atoms with Crippen LogP contribution in [0.4, 0.5) is 11.5 Å². The van der Waals surface area contributed by atoms with Crippen molar-refractivity contribution in [1.82, 2.24) is 20.4 Å². The van der Waals surface area contributed by atoms with E-state index in [-0.39, 0.29) is 5.91 Å². The molecule has 0 aliphatic rings. The Bertz CT molecular complexity index is 1760. The Morgan fingerprint density at radius 1 is 0.754 bits per heavy atom. The van der Waals surface area contributed by atoms with Gasteiger partial charge in [-0.15, -0.1) is 0 Å². The molecular weight excluding hydrogens is 732 g/mol. The van der Waals surface area contributed by atoms with Crippen molar-refractivity contribution < 1.29 is 44.8 Å². The van der Waals surface area contributed by atoms with Gasteiger partial charge in [-0.25, -0.2) is 4.98 Å². The Morgan fingerprint density at radius 3 is 2.00 bits per heavy atom. The van der Waals surface area contributed by atoms with Gasteiger partial charge in [0.05, 0.1) is 30.4 Å². The minimum Gasteiger partial charge on any atom is -0.394 e. The van der Waals surface area contributed by atoms with E-state index in [4.69, 9.17) is 9.63 Å². The van der Waals surface area contributed by atoms with Crippen molar-refractivity contribution in [3.05, 3.63) is 101 Å². The van der Waals surface area contributed by atoms with Gasteiger partial charge < -0.3 is 51.1 Å². The topological polar surface area (TPSA) is 243 Å². The third-order valence-corrected chi connectivity index (χ3v) is 10.1. The first-order chi connectivity index (χ1) is 27.5. The van der Waals surface area contributed by atoms with Gasteiger partial charge in [0.1, 0.15) is 29.9 Å². The fourth-order valence-electron chi connectivity index (χ4n) is 6.88. The third kappa shape index (κ3) is 13.4. The number of aryl methyl sites for hydroxylation is 2. The highest BCUT2D eigenvalue weighted by Crippen LogP contribution is 2.45. The van der Waals surface area contributed by atoms with Gasteiger partial charge in [-0.3, -0.25) is 14.6 Å². The second-order valence-corrected chi connectivity index (χ2v) is 14.3. The maximum Gasteiger partial charge on any atom is 0.251 e. The molecule has 4 aromatic rings. The maximum atomic E-state index is 13.3. The summed E-state index contributed by atoms with van der Waals surface area (Å²) in [6, 6.07) is 18.1. The Labute approximate surface area is 333 Å². The van der Waals surface area contributed by atoms with Gasteiger partial charge in [0.2, 0.25) is 5.91 Å². The zero-order valence-electron chi connectivity index (χ0n) is 32.7. The van der Waals surface area contributed by atoms with E-state index in [0.29, 0.717) is 53.6 Å². The summed E-state index contributed by atoms with van der Waals surface area (Å²) in [5.41, 5.74) is 3.17. The lowest BCUT2D eigenvalue weighted by atomic mass is 9.81. The molecule has 15 nitrogen and oxygen atoms in total. The molecule has 0 radical (unpaired) electrons. The van der Waals surface area contributed by atoms with Crippen LogP contribution in [-0.4, -0.2) is 95.1 Å². The van der Waals surface area contributed by atoms with E-state index < -0.39 is 55.0 Å². The van der Waals surface area contributed by atoms with Gasteiger partial charge in [-0.1, -0.05) is 80.4 Å². The SMILES string of the molecule is Cc1noc(C)c1C(O)C(c1ccccn1)C(Nc1ccccn1)c1ccccc1NC(=O)CCCCCCCCCCCNC(=O)[C@@H](O)[C@H](O)[C@@H](O)[C@@H](O)CO. The van der Waals surface area contributed by atoms with Crippen molar-refractivity contribution >= 4 is 23.3 Å². The molecule has 0 saturated carbocycles. The van der Waals surface area contributed by atoms with Crippen LogP contribution in [0.5, 0.6) is 0 Å². The zero-order valence-corrected chi connectivity index (χ0v) is 32.7. The summed E-state index contributed by atoms with van der Waals surface area (Å²) in [5, 5.41) is 73.0. The lowest BCUT2D eigenvalue weighted by Gasteiger charge is -2.33.